The molecule has 0 atom stereocenters. The summed E-state index contributed by atoms with van der Waals surface area (Å²) < 4.78 is 5.23. The zero-order valence-corrected chi connectivity index (χ0v) is 12.5. The highest BCUT2D eigenvalue weighted by molar-refractivity contribution is 7.80. The fraction of sp³-hybridized carbons (Fsp3) is 0.125. The average Bonchev–Trinajstić information content (AvgIpc) is 3.04. The predicted molar refractivity (Wildman–Crippen MR) is 85.8 cm³/mol. The molecule has 3 rings (SSSR count). The lowest BCUT2D eigenvalue weighted by Crippen LogP contribution is -2.31. The highest BCUT2D eigenvalue weighted by Gasteiger charge is 2.33. The van der Waals surface area contributed by atoms with Crippen LogP contribution in [0.2, 0.25) is 0 Å². The van der Waals surface area contributed by atoms with Gasteiger partial charge in [0.2, 0.25) is 0 Å². The van der Waals surface area contributed by atoms with Crippen molar-refractivity contribution in [2.24, 2.45) is 0 Å². The molecule has 0 aliphatic carbocycles. The lowest BCUT2D eigenvalue weighted by Gasteiger charge is -2.17. The second kappa shape index (κ2) is 5.18. The van der Waals surface area contributed by atoms with Gasteiger partial charge >= 0.3 is 0 Å². The van der Waals surface area contributed by atoms with Crippen LogP contribution >= 0.6 is 12.2 Å². The Balaban J connectivity index is 2.00. The van der Waals surface area contributed by atoms with Gasteiger partial charge in [-0.25, -0.2) is 0 Å². The number of hydrogen-bond acceptors (Lipinski definition) is 3. The number of amides is 1. The van der Waals surface area contributed by atoms with Gasteiger partial charge in [0.05, 0.1) is 12.0 Å². The van der Waals surface area contributed by atoms with Gasteiger partial charge in [0.25, 0.3) is 5.91 Å². The highest BCUT2D eigenvalue weighted by atomic mass is 32.1. The summed E-state index contributed by atoms with van der Waals surface area (Å²) in [5.41, 5.74) is 3.37. The van der Waals surface area contributed by atoms with Gasteiger partial charge in [-0.05, 0) is 55.4 Å². The van der Waals surface area contributed by atoms with Crippen molar-refractivity contribution in [3.8, 4) is 0 Å². The van der Waals surface area contributed by atoms with Gasteiger partial charge in [0.15, 0.2) is 5.11 Å². The van der Waals surface area contributed by atoms with Crippen LogP contribution in [0.15, 0.2) is 46.7 Å². The molecule has 1 N–H and O–H groups in total. The van der Waals surface area contributed by atoms with E-state index in [0.29, 0.717) is 16.6 Å². The summed E-state index contributed by atoms with van der Waals surface area (Å²) in [7, 11) is 0. The zero-order chi connectivity index (χ0) is 15.0. The molecule has 1 aliphatic rings. The molecule has 1 aromatic carbocycles. The smallest absolute Gasteiger partial charge is 0.281 e. The number of carbonyl (C=O) groups is 1. The Kier molecular flexibility index (Phi) is 3.35. The fourth-order valence-corrected chi connectivity index (χ4v) is 2.54. The second-order valence-corrected chi connectivity index (χ2v) is 5.25. The molecule has 1 aromatic heterocycles. The van der Waals surface area contributed by atoms with E-state index in [2.05, 4.69) is 5.32 Å². The fourth-order valence-electron chi connectivity index (χ4n) is 2.25. The number of nitrogens with zero attached hydrogens (tertiary/aromatic N) is 1. The summed E-state index contributed by atoms with van der Waals surface area (Å²) in [5.74, 6) is 0.432. The van der Waals surface area contributed by atoms with Crippen LogP contribution in [0.25, 0.3) is 6.08 Å². The molecular formula is C16H14N2O2S. The molecule has 2 heterocycles. The Morgan fingerprint density at radius 1 is 1.24 bits per heavy atom. The van der Waals surface area contributed by atoms with E-state index in [1.54, 1.807) is 24.5 Å². The van der Waals surface area contributed by atoms with Crippen molar-refractivity contribution in [2.75, 3.05) is 4.90 Å². The molecule has 106 valence electrons. The lowest BCUT2D eigenvalue weighted by atomic mass is 10.1. The number of carbonyl (C=O) groups excluding carboxylic acids is 1. The molecule has 0 unspecified atom stereocenters. The van der Waals surface area contributed by atoms with E-state index in [1.807, 2.05) is 32.0 Å². The molecular weight excluding hydrogens is 284 g/mol. The number of furan rings is 1. The predicted octanol–water partition coefficient (Wildman–Crippen LogP) is 3.16. The third-order valence-electron chi connectivity index (χ3n) is 3.52. The number of hydrogen-bond donors (Lipinski definition) is 1. The van der Waals surface area contributed by atoms with Gasteiger partial charge in [0, 0.05) is 6.08 Å². The lowest BCUT2D eigenvalue weighted by molar-refractivity contribution is -0.113. The van der Waals surface area contributed by atoms with E-state index < -0.39 is 0 Å². The summed E-state index contributed by atoms with van der Waals surface area (Å²) in [6.45, 7) is 3.99. The first-order valence-electron chi connectivity index (χ1n) is 6.55. The van der Waals surface area contributed by atoms with E-state index in [-0.39, 0.29) is 5.91 Å². The molecule has 0 saturated carbocycles. The standard InChI is InChI=1S/C16H14N2O2S/c1-10-5-3-7-14(11(10)2)18-15(19)13(17-16(18)21)9-12-6-4-8-20-12/h3-9H,1-2H3,(H,17,21)/b13-9+. The maximum Gasteiger partial charge on any atom is 0.281 e. The number of anilines is 1. The van der Waals surface area contributed by atoms with Crippen LogP contribution in [0.4, 0.5) is 5.69 Å². The van der Waals surface area contributed by atoms with Crippen molar-refractivity contribution < 1.29 is 9.21 Å². The number of nitrogens with one attached hydrogen (secondary N) is 1. The first-order valence-corrected chi connectivity index (χ1v) is 6.95. The van der Waals surface area contributed by atoms with Gasteiger partial charge in [-0.15, -0.1) is 0 Å². The number of rotatable bonds is 2. The van der Waals surface area contributed by atoms with Crippen molar-refractivity contribution in [2.45, 2.75) is 13.8 Å². The topological polar surface area (TPSA) is 45.5 Å². The summed E-state index contributed by atoms with van der Waals surface area (Å²) in [5, 5.41) is 3.33. The molecule has 21 heavy (non-hydrogen) atoms. The van der Waals surface area contributed by atoms with Crippen LogP contribution < -0.4 is 10.2 Å². The quantitative estimate of drug-likeness (QED) is 0.683. The molecule has 2 aromatic rings. The van der Waals surface area contributed by atoms with Crippen LogP contribution in [-0.4, -0.2) is 11.0 Å². The molecule has 1 fully saturated rings. The summed E-state index contributed by atoms with van der Waals surface area (Å²) in [4.78, 5) is 14.1. The van der Waals surface area contributed by atoms with Crippen LogP contribution in [0.3, 0.4) is 0 Å². The van der Waals surface area contributed by atoms with Crippen molar-refractivity contribution in [1.29, 1.82) is 0 Å². The van der Waals surface area contributed by atoms with Gasteiger partial charge < -0.3 is 9.73 Å². The average molecular weight is 298 g/mol. The Labute approximate surface area is 128 Å². The molecule has 4 nitrogen and oxygen atoms in total. The monoisotopic (exact) mass is 298 g/mol. The number of benzene rings is 1. The maximum atomic E-state index is 12.6. The molecule has 0 bridgehead atoms. The van der Waals surface area contributed by atoms with Crippen LogP contribution in [0.5, 0.6) is 0 Å². The highest BCUT2D eigenvalue weighted by Crippen LogP contribution is 2.27. The van der Waals surface area contributed by atoms with Crippen molar-refractivity contribution in [3.63, 3.8) is 0 Å². The molecule has 0 radical (unpaired) electrons. The van der Waals surface area contributed by atoms with E-state index in [9.17, 15) is 4.79 Å². The SMILES string of the molecule is Cc1cccc(N2C(=O)/C(=C\c3ccco3)NC2=S)c1C. The Bertz CT molecular complexity index is 748. The Morgan fingerprint density at radius 2 is 2.05 bits per heavy atom. The summed E-state index contributed by atoms with van der Waals surface area (Å²) >= 11 is 5.30. The normalized spacial score (nSPS) is 16.7. The van der Waals surface area contributed by atoms with Crippen LogP contribution in [-0.2, 0) is 4.79 Å². The van der Waals surface area contributed by atoms with Crippen molar-refractivity contribution in [1.82, 2.24) is 5.32 Å². The molecule has 5 heteroatoms. The van der Waals surface area contributed by atoms with Gasteiger partial charge in [-0.2, -0.15) is 0 Å². The minimum atomic E-state index is -0.176. The molecule has 0 spiro atoms. The third-order valence-corrected chi connectivity index (χ3v) is 3.81. The second-order valence-electron chi connectivity index (χ2n) is 4.86. The largest absolute Gasteiger partial charge is 0.465 e. The van der Waals surface area contributed by atoms with Crippen LogP contribution in [0, 0.1) is 13.8 Å². The zero-order valence-electron chi connectivity index (χ0n) is 11.7. The summed E-state index contributed by atoms with van der Waals surface area (Å²) in [6, 6.07) is 9.37. The van der Waals surface area contributed by atoms with E-state index in [4.69, 9.17) is 16.6 Å². The molecule has 1 aliphatic heterocycles. The number of thiocarbonyl (C=S) groups is 1. The minimum Gasteiger partial charge on any atom is -0.465 e. The maximum absolute atomic E-state index is 12.6. The molecule has 1 amide bonds. The van der Waals surface area contributed by atoms with Gasteiger partial charge in [0.1, 0.15) is 11.5 Å². The minimum absolute atomic E-state index is 0.176. The van der Waals surface area contributed by atoms with Crippen LogP contribution in [0.1, 0.15) is 16.9 Å². The van der Waals surface area contributed by atoms with Crippen molar-refractivity contribution in [3.05, 3.63) is 59.2 Å². The first-order chi connectivity index (χ1) is 10.1. The Morgan fingerprint density at radius 3 is 2.76 bits per heavy atom. The molecule has 1 saturated heterocycles. The first kappa shape index (κ1) is 13.6. The summed E-state index contributed by atoms with van der Waals surface area (Å²) in [6.07, 6.45) is 3.21. The van der Waals surface area contributed by atoms with E-state index in [0.717, 1.165) is 16.8 Å². The van der Waals surface area contributed by atoms with E-state index in [1.165, 1.54) is 4.90 Å². The number of aryl methyl sites for hydroxylation is 1. The van der Waals surface area contributed by atoms with E-state index >= 15 is 0 Å². The van der Waals surface area contributed by atoms with Gasteiger partial charge in [-0.1, -0.05) is 12.1 Å². The third kappa shape index (κ3) is 2.36. The van der Waals surface area contributed by atoms with Crippen molar-refractivity contribution >= 4 is 35.0 Å². The van der Waals surface area contributed by atoms with Gasteiger partial charge in [-0.3, -0.25) is 9.69 Å². The Hall–Kier alpha value is -2.40.